The van der Waals surface area contributed by atoms with Crippen molar-refractivity contribution in [2.24, 2.45) is 11.7 Å². The van der Waals surface area contributed by atoms with Crippen molar-refractivity contribution in [2.45, 2.75) is 31.6 Å². The lowest BCUT2D eigenvalue weighted by Gasteiger charge is -2.20. The molecule has 0 heterocycles. The minimum atomic E-state index is -0.380. The molecule has 0 aromatic rings. The van der Waals surface area contributed by atoms with Crippen LogP contribution in [-0.2, 0) is 14.3 Å². The van der Waals surface area contributed by atoms with Crippen molar-refractivity contribution in [3.05, 3.63) is 0 Å². The van der Waals surface area contributed by atoms with Crippen molar-refractivity contribution < 1.29 is 14.3 Å². The van der Waals surface area contributed by atoms with Gasteiger partial charge in [-0.1, -0.05) is 0 Å². The predicted octanol–water partition coefficient (Wildman–Crippen LogP) is -0.151. The van der Waals surface area contributed by atoms with Crippen LogP contribution in [0.1, 0.15) is 19.3 Å². The van der Waals surface area contributed by atoms with Gasteiger partial charge in [0.1, 0.15) is 0 Å². The fraction of sp³-hybridized carbons (Fsp3) is 0.900. The molecular formula is C10H20N2O3. The number of hydrogen-bond acceptors (Lipinski definition) is 4. The molecule has 1 unspecified atom stereocenters. The summed E-state index contributed by atoms with van der Waals surface area (Å²) in [5, 5.41) is 3.15. The Kier molecular flexibility index (Phi) is 5.01. The van der Waals surface area contributed by atoms with E-state index in [-0.39, 0.29) is 18.2 Å². The average molecular weight is 216 g/mol. The molecule has 0 saturated heterocycles. The van der Waals surface area contributed by atoms with E-state index >= 15 is 0 Å². The Labute approximate surface area is 90.3 Å². The predicted molar refractivity (Wildman–Crippen MR) is 56.1 cm³/mol. The Hall–Kier alpha value is -0.650. The molecule has 1 aliphatic rings. The Morgan fingerprint density at radius 2 is 2.07 bits per heavy atom. The largest absolute Gasteiger partial charge is 0.368 e. The summed E-state index contributed by atoms with van der Waals surface area (Å²) in [7, 11) is 3.10. The molecule has 1 rings (SSSR count). The number of ether oxygens (including phenoxy) is 2. The number of hydrogen-bond donors (Lipinski definition) is 2. The first-order valence-corrected chi connectivity index (χ1v) is 5.25. The molecule has 1 fully saturated rings. The van der Waals surface area contributed by atoms with Crippen LogP contribution >= 0.6 is 0 Å². The maximum atomic E-state index is 11.1. The maximum absolute atomic E-state index is 11.1. The lowest BCUT2D eigenvalue weighted by Crippen LogP contribution is -2.44. The van der Waals surface area contributed by atoms with E-state index in [1.54, 1.807) is 14.2 Å². The molecule has 1 aliphatic carbocycles. The van der Waals surface area contributed by atoms with Crippen LogP contribution < -0.4 is 11.1 Å². The second-order valence-corrected chi connectivity index (χ2v) is 3.94. The summed E-state index contributed by atoms with van der Waals surface area (Å²) in [6.45, 7) is 0.855. The van der Waals surface area contributed by atoms with Gasteiger partial charge >= 0.3 is 0 Å². The lowest BCUT2D eigenvalue weighted by atomic mass is 10.2. The number of carbonyl (C=O) groups excluding carboxylic acids is 1. The summed E-state index contributed by atoms with van der Waals surface area (Å²) >= 11 is 0. The number of nitrogens with two attached hydrogens (primary N) is 1. The first kappa shape index (κ1) is 12.4. The minimum Gasteiger partial charge on any atom is -0.368 e. The van der Waals surface area contributed by atoms with Crippen molar-refractivity contribution in [2.75, 3.05) is 20.8 Å². The van der Waals surface area contributed by atoms with Gasteiger partial charge in [-0.15, -0.1) is 0 Å². The van der Waals surface area contributed by atoms with E-state index in [0.717, 1.165) is 12.5 Å². The van der Waals surface area contributed by atoms with Crippen molar-refractivity contribution in [1.82, 2.24) is 5.32 Å². The van der Waals surface area contributed by atoms with E-state index < -0.39 is 0 Å². The maximum Gasteiger partial charge on any atom is 0.234 e. The van der Waals surface area contributed by atoms with Crippen molar-refractivity contribution in [3.63, 3.8) is 0 Å². The highest BCUT2D eigenvalue weighted by molar-refractivity contribution is 5.79. The van der Waals surface area contributed by atoms with Crippen LogP contribution in [-0.4, -0.2) is 39.0 Å². The minimum absolute atomic E-state index is 0.352. The van der Waals surface area contributed by atoms with Gasteiger partial charge < -0.3 is 20.5 Å². The SMILES string of the molecule is COC(CC(NCC1CC1)C(N)=O)OC. The lowest BCUT2D eigenvalue weighted by molar-refractivity contribution is -0.130. The monoisotopic (exact) mass is 216 g/mol. The quantitative estimate of drug-likeness (QED) is 0.553. The highest BCUT2D eigenvalue weighted by atomic mass is 16.7. The first-order chi connectivity index (χ1) is 7.17. The third-order valence-corrected chi connectivity index (χ3v) is 2.65. The molecule has 0 bridgehead atoms. The fourth-order valence-electron chi connectivity index (χ4n) is 1.41. The van der Waals surface area contributed by atoms with E-state index in [0.29, 0.717) is 6.42 Å². The summed E-state index contributed by atoms with van der Waals surface area (Å²) in [6, 6.07) is -0.365. The van der Waals surface area contributed by atoms with Gasteiger partial charge in [-0.25, -0.2) is 0 Å². The molecule has 0 radical (unpaired) electrons. The Balaban J connectivity index is 2.30. The van der Waals surface area contributed by atoms with E-state index in [2.05, 4.69) is 5.32 Å². The van der Waals surface area contributed by atoms with Crippen LogP contribution in [0.2, 0.25) is 0 Å². The number of carbonyl (C=O) groups is 1. The molecule has 0 aromatic heterocycles. The number of rotatable bonds is 8. The number of methoxy groups -OCH3 is 2. The summed E-state index contributed by atoms with van der Waals surface area (Å²) in [4.78, 5) is 11.1. The molecule has 88 valence electrons. The van der Waals surface area contributed by atoms with E-state index in [4.69, 9.17) is 15.2 Å². The zero-order valence-electron chi connectivity index (χ0n) is 9.36. The standard InChI is InChI=1S/C10H20N2O3/c1-14-9(15-2)5-8(10(11)13)12-6-7-3-4-7/h7-9,12H,3-6H2,1-2H3,(H2,11,13). The summed E-state index contributed by atoms with van der Waals surface area (Å²) < 4.78 is 10.1. The van der Waals surface area contributed by atoms with Gasteiger partial charge in [0, 0.05) is 20.6 Å². The average Bonchev–Trinajstić information content (AvgIpc) is 3.01. The molecule has 3 N–H and O–H groups in total. The molecule has 0 spiro atoms. The molecule has 1 saturated carbocycles. The number of amides is 1. The normalized spacial score (nSPS) is 18.1. The zero-order chi connectivity index (χ0) is 11.3. The molecule has 0 aliphatic heterocycles. The van der Waals surface area contributed by atoms with Gasteiger partial charge in [-0.05, 0) is 25.3 Å². The zero-order valence-corrected chi connectivity index (χ0v) is 9.36. The van der Waals surface area contributed by atoms with Crippen LogP contribution in [0, 0.1) is 5.92 Å². The fourth-order valence-corrected chi connectivity index (χ4v) is 1.41. The topological polar surface area (TPSA) is 73.6 Å². The van der Waals surface area contributed by atoms with Gasteiger partial charge in [0.25, 0.3) is 0 Å². The second kappa shape index (κ2) is 6.05. The molecule has 1 atom stereocenters. The second-order valence-electron chi connectivity index (χ2n) is 3.94. The Morgan fingerprint density at radius 3 is 2.47 bits per heavy atom. The smallest absolute Gasteiger partial charge is 0.234 e. The molecule has 1 amide bonds. The summed E-state index contributed by atoms with van der Waals surface area (Å²) in [5.41, 5.74) is 5.29. The highest BCUT2D eigenvalue weighted by Crippen LogP contribution is 2.27. The van der Waals surface area contributed by atoms with Gasteiger partial charge in [-0.2, -0.15) is 0 Å². The number of primary amides is 1. The number of nitrogens with one attached hydrogen (secondary N) is 1. The first-order valence-electron chi connectivity index (χ1n) is 5.25. The highest BCUT2D eigenvalue weighted by Gasteiger charge is 2.25. The molecule has 0 aromatic carbocycles. The molecular weight excluding hydrogens is 196 g/mol. The van der Waals surface area contributed by atoms with Crippen LogP contribution in [0.4, 0.5) is 0 Å². The van der Waals surface area contributed by atoms with Crippen LogP contribution in [0.5, 0.6) is 0 Å². The Bertz CT molecular complexity index is 203. The van der Waals surface area contributed by atoms with E-state index in [1.165, 1.54) is 12.8 Å². The van der Waals surface area contributed by atoms with Gasteiger partial charge in [0.2, 0.25) is 5.91 Å². The third-order valence-electron chi connectivity index (χ3n) is 2.65. The summed E-state index contributed by atoms with van der Waals surface area (Å²) in [6.07, 6.45) is 2.57. The van der Waals surface area contributed by atoms with E-state index in [1.807, 2.05) is 0 Å². The summed E-state index contributed by atoms with van der Waals surface area (Å²) in [5.74, 6) is 0.366. The third kappa shape index (κ3) is 4.59. The van der Waals surface area contributed by atoms with Gasteiger partial charge in [0.15, 0.2) is 6.29 Å². The van der Waals surface area contributed by atoms with Gasteiger partial charge in [0.05, 0.1) is 6.04 Å². The molecule has 15 heavy (non-hydrogen) atoms. The van der Waals surface area contributed by atoms with E-state index in [9.17, 15) is 4.79 Å². The van der Waals surface area contributed by atoms with Crippen molar-refractivity contribution >= 4 is 5.91 Å². The van der Waals surface area contributed by atoms with Crippen LogP contribution in [0.15, 0.2) is 0 Å². The van der Waals surface area contributed by atoms with Crippen molar-refractivity contribution in [3.8, 4) is 0 Å². The van der Waals surface area contributed by atoms with Crippen molar-refractivity contribution in [1.29, 1.82) is 0 Å². The van der Waals surface area contributed by atoms with Crippen LogP contribution in [0.25, 0.3) is 0 Å². The van der Waals surface area contributed by atoms with Crippen LogP contribution in [0.3, 0.4) is 0 Å². The van der Waals surface area contributed by atoms with Gasteiger partial charge in [-0.3, -0.25) is 4.79 Å². The molecule has 5 nitrogen and oxygen atoms in total. The Morgan fingerprint density at radius 1 is 1.47 bits per heavy atom. The molecule has 5 heteroatoms.